The van der Waals surface area contributed by atoms with Gasteiger partial charge in [0.2, 0.25) is 11.8 Å². The molecule has 0 aliphatic carbocycles. The third kappa shape index (κ3) is 4.40. The maximum absolute atomic E-state index is 12.0. The summed E-state index contributed by atoms with van der Waals surface area (Å²) in [6, 6.07) is 0. The molecular formula is C15H25NO4. The Kier molecular flexibility index (Phi) is 6.33. The summed E-state index contributed by atoms with van der Waals surface area (Å²) in [5.41, 5.74) is 0. The van der Waals surface area contributed by atoms with Gasteiger partial charge in [0.1, 0.15) is 6.61 Å². The van der Waals surface area contributed by atoms with Crippen molar-refractivity contribution in [2.45, 2.75) is 40.5 Å². The Balaban J connectivity index is 2.27. The second-order valence-electron chi connectivity index (χ2n) is 5.97. The van der Waals surface area contributed by atoms with E-state index in [1.165, 1.54) is 4.90 Å². The first-order chi connectivity index (χ1) is 9.34. The van der Waals surface area contributed by atoms with Crippen LogP contribution in [-0.2, 0) is 19.1 Å². The highest BCUT2D eigenvalue weighted by atomic mass is 16.5. The van der Waals surface area contributed by atoms with Crippen LogP contribution in [0.15, 0.2) is 0 Å². The van der Waals surface area contributed by atoms with Gasteiger partial charge in [-0.25, -0.2) is 0 Å². The molecule has 0 bridgehead atoms. The van der Waals surface area contributed by atoms with Crippen LogP contribution in [0.5, 0.6) is 0 Å². The summed E-state index contributed by atoms with van der Waals surface area (Å²) in [4.78, 5) is 36.5. The molecule has 0 N–H and O–H groups in total. The topological polar surface area (TPSA) is 63.7 Å². The van der Waals surface area contributed by atoms with Crippen LogP contribution in [0.25, 0.3) is 0 Å². The lowest BCUT2D eigenvalue weighted by atomic mass is 9.94. The molecule has 0 saturated carbocycles. The quantitative estimate of drug-likeness (QED) is 0.502. The normalized spacial score (nSPS) is 19.5. The van der Waals surface area contributed by atoms with Crippen molar-refractivity contribution in [2.24, 2.45) is 17.8 Å². The molecule has 1 atom stereocenters. The molecule has 1 rings (SSSR count). The van der Waals surface area contributed by atoms with Gasteiger partial charge in [-0.15, -0.1) is 0 Å². The van der Waals surface area contributed by atoms with Crippen LogP contribution in [-0.4, -0.2) is 42.3 Å². The van der Waals surface area contributed by atoms with E-state index < -0.39 is 0 Å². The van der Waals surface area contributed by atoms with E-state index in [9.17, 15) is 14.4 Å². The van der Waals surface area contributed by atoms with Crippen molar-refractivity contribution in [2.75, 3.05) is 19.8 Å². The summed E-state index contributed by atoms with van der Waals surface area (Å²) in [7, 11) is 0. The zero-order chi connectivity index (χ0) is 15.3. The van der Waals surface area contributed by atoms with E-state index in [2.05, 4.69) is 0 Å². The minimum Gasteiger partial charge on any atom is -0.374 e. The van der Waals surface area contributed by atoms with Crippen LogP contribution in [0.1, 0.15) is 40.5 Å². The number of nitrogens with zero attached hydrogens (tertiary/aromatic N) is 1. The SMILES string of the molecule is CC(C)C(=O)COCCCN1C(=O)CC(C(C)C)C1=O. The summed E-state index contributed by atoms with van der Waals surface area (Å²) < 4.78 is 5.26. The number of hydrogen-bond acceptors (Lipinski definition) is 4. The van der Waals surface area contributed by atoms with E-state index >= 15 is 0 Å². The first-order valence-corrected chi connectivity index (χ1v) is 7.29. The Morgan fingerprint density at radius 1 is 1.30 bits per heavy atom. The Bertz CT molecular complexity index is 376. The maximum Gasteiger partial charge on any atom is 0.233 e. The second kappa shape index (κ2) is 7.53. The fraction of sp³-hybridized carbons (Fsp3) is 0.800. The van der Waals surface area contributed by atoms with E-state index in [0.717, 1.165) is 0 Å². The van der Waals surface area contributed by atoms with Crippen LogP contribution in [0.4, 0.5) is 0 Å². The fourth-order valence-electron chi connectivity index (χ4n) is 2.13. The third-order valence-corrected chi connectivity index (χ3v) is 3.64. The number of carbonyl (C=O) groups is 3. The number of ether oxygens (including phenoxy) is 1. The van der Waals surface area contributed by atoms with Crippen molar-refractivity contribution in [3.05, 3.63) is 0 Å². The summed E-state index contributed by atoms with van der Waals surface area (Å²) in [6.45, 7) is 8.46. The van der Waals surface area contributed by atoms with Crippen molar-refractivity contribution in [1.29, 1.82) is 0 Å². The van der Waals surface area contributed by atoms with E-state index in [1.54, 1.807) is 0 Å². The number of Topliss-reactive ketones (excluding diaryl/α,β-unsaturated/α-hetero) is 1. The van der Waals surface area contributed by atoms with Gasteiger partial charge in [0.15, 0.2) is 5.78 Å². The number of carbonyl (C=O) groups excluding carboxylic acids is 3. The molecule has 0 aromatic rings. The molecule has 1 saturated heterocycles. The molecule has 1 heterocycles. The minimum atomic E-state index is -0.175. The predicted molar refractivity (Wildman–Crippen MR) is 74.9 cm³/mol. The van der Waals surface area contributed by atoms with E-state index in [4.69, 9.17) is 4.74 Å². The first kappa shape index (κ1) is 16.8. The van der Waals surface area contributed by atoms with Crippen LogP contribution in [0.3, 0.4) is 0 Å². The minimum absolute atomic E-state index is 0.0245. The largest absolute Gasteiger partial charge is 0.374 e. The highest BCUT2D eigenvalue weighted by molar-refractivity contribution is 6.03. The van der Waals surface area contributed by atoms with Gasteiger partial charge in [0.05, 0.1) is 0 Å². The summed E-state index contributed by atoms with van der Waals surface area (Å²) in [5.74, 6) is -0.0979. The Morgan fingerprint density at radius 3 is 2.45 bits per heavy atom. The lowest BCUT2D eigenvalue weighted by Gasteiger charge is -2.16. The number of rotatable bonds is 8. The van der Waals surface area contributed by atoms with Gasteiger partial charge >= 0.3 is 0 Å². The van der Waals surface area contributed by atoms with E-state index in [-0.39, 0.29) is 42.0 Å². The monoisotopic (exact) mass is 283 g/mol. The third-order valence-electron chi connectivity index (χ3n) is 3.64. The molecule has 1 aliphatic rings. The number of hydrogen-bond donors (Lipinski definition) is 0. The van der Waals surface area contributed by atoms with Gasteiger partial charge in [-0.05, 0) is 12.3 Å². The van der Waals surface area contributed by atoms with Gasteiger partial charge in [0.25, 0.3) is 0 Å². The van der Waals surface area contributed by atoms with Gasteiger partial charge in [0, 0.05) is 31.4 Å². The highest BCUT2D eigenvalue weighted by Crippen LogP contribution is 2.26. The molecule has 5 nitrogen and oxygen atoms in total. The number of amides is 2. The molecule has 1 unspecified atom stereocenters. The summed E-state index contributed by atoms with van der Waals surface area (Å²) >= 11 is 0. The molecule has 114 valence electrons. The molecule has 20 heavy (non-hydrogen) atoms. The van der Waals surface area contributed by atoms with Gasteiger partial charge in [-0.2, -0.15) is 0 Å². The molecular weight excluding hydrogens is 258 g/mol. The molecule has 0 aromatic heterocycles. The van der Waals surface area contributed by atoms with Gasteiger partial charge < -0.3 is 4.74 Å². The maximum atomic E-state index is 12.0. The smallest absolute Gasteiger partial charge is 0.233 e. The van der Waals surface area contributed by atoms with E-state index in [1.807, 2.05) is 27.7 Å². The summed E-state index contributed by atoms with van der Waals surface area (Å²) in [5, 5.41) is 0. The molecule has 1 aliphatic heterocycles. The lowest BCUT2D eigenvalue weighted by molar-refractivity contribution is -0.140. The lowest BCUT2D eigenvalue weighted by Crippen LogP contribution is -2.33. The Morgan fingerprint density at radius 2 is 1.95 bits per heavy atom. The van der Waals surface area contributed by atoms with Crippen molar-refractivity contribution < 1.29 is 19.1 Å². The summed E-state index contributed by atoms with van der Waals surface area (Å²) in [6.07, 6.45) is 0.900. The fourth-order valence-corrected chi connectivity index (χ4v) is 2.13. The van der Waals surface area contributed by atoms with Crippen LogP contribution < -0.4 is 0 Å². The molecule has 0 radical (unpaired) electrons. The Labute approximate surface area is 120 Å². The van der Waals surface area contributed by atoms with E-state index in [0.29, 0.717) is 26.0 Å². The number of ketones is 1. The number of imide groups is 1. The van der Waals surface area contributed by atoms with Crippen LogP contribution in [0.2, 0.25) is 0 Å². The molecule has 2 amide bonds. The highest BCUT2D eigenvalue weighted by Gasteiger charge is 2.39. The molecule has 5 heteroatoms. The Hall–Kier alpha value is -1.23. The second-order valence-corrected chi connectivity index (χ2v) is 5.97. The van der Waals surface area contributed by atoms with Crippen LogP contribution in [0, 0.1) is 17.8 Å². The molecule has 0 spiro atoms. The van der Waals surface area contributed by atoms with Crippen LogP contribution >= 0.6 is 0 Å². The van der Waals surface area contributed by atoms with Crippen molar-refractivity contribution in [1.82, 2.24) is 4.90 Å². The first-order valence-electron chi connectivity index (χ1n) is 7.29. The van der Waals surface area contributed by atoms with Gasteiger partial charge in [-0.3, -0.25) is 19.3 Å². The van der Waals surface area contributed by atoms with Crippen molar-refractivity contribution in [3.8, 4) is 0 Å². The zero-order valence-electron chi connectivity index (χ0n) is 12.8. The van der Waals surface area contributed by atoms with Crippen molar-refractivity contribution >= 4 is 17.6 Å². The average molecular weight is 283 g/mol. The number of likely N-dealkylation sites (tertiary alicyclic amines) is 1. The standard InChI is InChI=1S/C15H25NO4/c1-10(2)12-8-14(18)16(15(12)19)6-5-7-20-9-13(17)11(3)4/h10-12H,5-9H2,1-4H3. The average Bonchev–Trinajstić information content (AvgIpc) is 2.65. The van der Waals surface area contributed by atoms with Gasteiger partial charge in [-0.1, -0.05) is 27.7 Å². The predicted octanol–water partition coefficient (Wildman–Crippen LogP) is 1.65. The van der Waals surface area contributed by atoms with Crippen molar-refractivity contribution in [3.63, 3.8) is 0 Å². The molecule has 0 aromatic carbocycles. The molecule has 1 fully saturated rings. The zero-order valence-corrected chi connectivity index (χ0v) is 12.8.